The van der Waals surface area contributed by atoms with Gasteiger partial charge in [-0.05, 0) is 49.9 Å². The number of non-ortho nitro benzene ring substituents is 1. The first-order chi connectivity index (χ1) is 14.7. The van der Waals surface area contributed by atoms with Gasteiger partial charge in [0.25, 0.3) is 5.69 Å². The highest BCUT2D eigenvalue weighted by Gasteiger charge is 2.26. The van der Waals surface area contributed by atoms with Gasteiger partial charge < -0.3 is 10.6 Å². The highest BCUT2D eigenvalue weighted by molar-refractivity contribution is 7.89. The molecule has 1 aliphatic heterocycles. The number of piperidine rings is 1. The van der Waals surface area contributed by atoms with E-state index in [2.05, 4.69) is 10.6 Å². The normalized spacial score (nSPS) is 14.8. The van der Waals surface area contributed by atoms with Crippen LogP contribution in [0.3, 0.4) is 0 Å². The van der Waals surface area contributed by atoms with Gasteiger partial charge in [-0.3, -0.25) is 14.9 Å². The SMILES string of the molecule is Cc1ccc([N+](=O)[O-])cc1NCC(=O)Nc1cc(S(=O)(=O)N2CCCCC2)ccc1C. The van der Waals surface area contributed by atoms with Crippen LogP contribution in [0.1, 0.15) is 30.4 Å². The molecule has 1 fully saturated rings. The second-order valence-corrected chi connectivity index (χ2v) is 9.54. The molecule has 0 spiro atoms. The summed E-state index contributed by atoms with van der Waals surface area (Å²) < 4.78 is 27.3. The van der Waals surface area contributed by atoms with Gasteiger partial charge in [-0.25, -0.2) is 8.42 Å². The van der Waals surface area contributed by atoms with Crippen molar-refractivity contribution in [3.8, 4) is 0 Å². The number of benzene rings is 2. The summed E-state index contributed by atoms with van der Waals surface area (Å²) in [4.78, 5) is 23.1. The van der Waals surface area contributed by atoms with Gasteiger partial charge in [0.15, 0.2) is 0 Å². The van der Waals surface area contributed by atoms with Crippen molar-refractivity contribution in [2.24, 2.45) is 0 Å². The summed E-state index contributed by atoms with van der Waals surface area (Å²) in [5.74, 6) is -0.387. The van der Waals surface area contributed by atoms with Gasteiger partial charge in [0.05, 0.1) is 16.4 Å². The molecular formula is C21H26N4O5S. The molecule has 31 heavy (non-hydrogen) atoms. The number of hydrogen-bond donors (Lipinski definition) is 2. The Morgan fingerprint density at radius 3 is 2.35 bits per heavy atom. The Morgan fingerprint density at radius 1 is 1.03 bits per heavy atom. The van der Waals surface area contributed by atoms with E-state index in [1.54, 1.807) is 32.0 Å². The molecule has 0 radical (unpaired) electrons. The third-order valence-electron chi connectivity index (χ3n) is 5.31. The quantitative estimate of drug-likeness (QED) is 0.496. The van der Waals surface area contributed by atoms with Gasteiger partial charge in [-0.2, -0.15) is 4.31 Å². The molecule has 1 saturated heterocycles. The zero-order valence-corrected chi connectivity index (χ0v) is 18.4. The van der Waals surface area contributed by atoms with Gasteiger partial charge in [0, 0.05) is 36.6 Å². The maximum Gasteiger partial charge on any atom is 0.271 e. The Balaban J connectivity index is 1.71. The van der Waals surface area contributed by atoms with Crippen molar-refractivity contribution in [1.29, 1.82) is 0 Å². The van der Waals surface area contributed by atoms with Crippen LogP contribution in [0.5, 0.6) is 0 Å². The lowest BCUT2D eigenvalue weighted by Crippen LogP contribution is -2.35. The van der Waals surface area contributed by atoms with E-state index in [1.807, 2.05) is 0 Å². The number of amides is 1. The Bertz CT molecular complexity index is 1090. The lowest BCUT2D eigenvalue weighted by atomic mass is 10.2. The fourth-order valence-electron chi connectivity index (χ4n) is 3.43. The highest BCUT2D eigenvalue weighted by atomic mass is 32.2. The van der Waals surface area contributed by atoms with E-state index >= 15 is 0 Å². The molecule has 2 N–H and O–H groups in total. The number of sulfonamides is 1. The lowest BCUT2D eigenvalue weighted by molar-refractivity contribution is -0.384. The molecule has 0 saturated carbocycles. The van der Waals surface area contributed by atoms with Gasteiger partial charge in [0.1, 0.15) is 0 Å². The number of anilines is 2. The number of nitro benzene ring substituents is 1. The summed E-state index contributed by atoms with van der Waals surface area (Å²) in [5, 5.41) is 16.6. The third-order valence-corrected chi connectivity index (χ3v) is 7.20. The van der Waals surface area contributed by atoms with Crippen molar-refractivity contribution < 1.29 is 18.1 Å². The minimum Gasteiger partial charge on any atom is -0.376 e. The van der Waals surface area contributed by atoms with E-state index in [9.17, 15) is 23.3 Å². The van der Waals surface area contributed by atoms with E-state index in [0.29, 0.717) is 24.5 Å². The Labute approximate surface area is 181 Å². The summed E-state index contributed by atoms with van der Waals surface area (Å²) in [7, 11) is -3.61. The molecule has 2 aromatic carbocycles. The Morgan fingerprint density at radius 2 is 1.68 bits per heavy atom. The van der Waals surface area contributed by atoms with Crippen LogP contribution >= 0.6 is 0 Å². The fraction of sp³-hybridized carbons (Fsp3) is 0.381. The van der Waals surface area contributed by atoms with Crippen LogP contribution in [0.15, 0.2) is 41.3 Å². The van der Waals surface area contributed by atoms with E-state index in [0.717, 1.165) is 30.4 Å². The molecule has 0 bridgehead atoms. The monoisotopic (exact) mass is 446 g/mol. The molecule has 3 rings (SSSR count). The minimum atomic E-state index is -3.61. The predicted molar refractivity (Wildman–Crippen MR) is 119 cm³/mol. The first-order valence-corrected chi connectivity index (χ1v) is 11.5. The second-order valence-electron chi connectivity index (χ2n) is 7.60. The number of nitrogens with one attached hydrogen (secondary N) is 2. The molecule has 166 valence electrons. The predicted octanol–water partition coefficient (Wildman–Crippen LogP) is 3.44. The van der Waals surface area contributed by atoms with Crippen molar-refractivity contribution in [3.63, 3.8) is 0 Å². The number of hydrogen-bond acceptors (Lipinski definition) is 6. The molecule has 0 aliphatic carbocycles. The van der Waals surface area contributed by atoms with E-state index in [1.165, 1.54) is 22.5 Å². The highest BCUT2D eigenvalue weighted by Crippen LogP contribution is 2.25. The topological polar surface area (TPSA) is 122 Å². The van der Waals surface area contributed by atoms with Crippen LogP contribution in [-0.2, 0) is 14.8 Å². The van der Waals surface area contributed by atoms with Crippen molar-refractivity contribution in [3.05, 3.63) is 57.6 Å². The molecule has 2 aromatic rings. The second kappa shape index (κ2) is 9.44. The van der Waals surface area contributed by atoms with Crippen molar-refractivity contribution in [2.75, 3.05) is 30.3 Å². The smallest absolute Gasteiger partial charge is 0.271 e. The van der Waals surface area contributed by atoms with Gasteiger partial charge >= 0.3 is 0 Å². The Kier molecular flexibility index (Phi) is 6.91. The number of carbonyl (C=O) groups is 1. The van der Waals surface area contributed by atoms with Crippen LogP contribution in [0.4, 0.5) is 17.1 Å². The number of nitrogens with zero attached hydrogens (tertiary/aromatic N) is 2. The lowest BCUT2D eigenvalue weighted by Gasteiger charge is -2.26. The zero-order chi connectivity index (χ0) is 22.6. The molecule has 0 unspecified atom stereocenters. The van der Waals surface area contributed by atoms with Gasteiger partial charge in [-0.1, -0.05) is 18.6 Å². The first kappa shape index (κ1) is 22.7. The summed E-state index contributed by atoms with van der Waals surface area (Å²) in [6.07, 6.45) is 2.72. The summed E-state index contributed by atoms with van der Waals surface area (Å²) in [6, 6.07) is 9.09. The third kappa shape index (κ3) is 5.39. The van der Waals surface area contributed by atoms with Crippen molar-refractivity contribution in [1.82, 2.24) is 4.31 Å². The molecule has 9 nitrogen and oxygen atoms in total. The van der Waals surface area contributed by atoms with Crippen LogP contribution in [-0.4, -0.2) is 43.2 Å². The van der Waals surface area contributed by atoms with E-state index < -0.39 is 14.9 Å². The van der Waals surface area contributed by atoms with Crippen molar-refractivity contribution in [2.45, 2.75) is 38.0 Å². The maximum absolute atomic E-state index is 12.9. The number of nitro groups is 1. The number of rotatable bonds is 7. The maximum atomic E-state index is 12.9. The summed E-state index contributed by atoms with van der Waals surface area (Å²) in [6.45, 7) is 4.45. The van der Waals surface area contributed by atoms with Crippen LogP contribution in [0, 0.1) is 24.0 Å². The Hall–Kier alpha value is -2.98. The molecule has 1 heterocycles. The summed E-state index contributed by atoms with van der Waals surface area (Å²) in [5.41, 5.74) is 2.34. The zero-order valence-electron chi connectivity index (χ0n) is 17.6. The minimum absolute atomic E-state index is 0.0695. The first-order valence-electron chi connectivity index (χ1n) is 10.1. The standard InChI is InChI=1S/C21H26N4O5S/c1-15-6-8-17(25(27)28)12-19(15)22-14-21(26)23-20-13-18(9-7-16(20)2)31(29,30)24-10-4-3-5-11-24/h6-9,12-13,22H,3-5,10-11,14H2,1-2H3,(H,23,26). The molecule has 1 amide bonds. The average molecular weight is 447 g/mol. The molecule has 1 aliphatic rings. The van der Waals surface area contributed by atoms with Crippen molar-refractivity contribution >= 4 is 33.0 Å². The van der Waals surface area contributed by atoms with Gasteiger partial charge in [-0.15, -0.1) is 0 Å². The molecular weight excluding hydrogens is 420 g/mol. The number of carbonyl (C=O) groups excluding carboxylic acids is 1. The van der Waals surface area contributed by atoms with E-state index in [-0.39, 0.29) is 23.0 Å². The molecule has 0 aromatic heterocycles. The number of aryl methyl sites for hydroxylation is 2. The van der Waals surface area contributed by atoms with Crippen LogP contribution in [0.2, 0.25) is 0 Å². The summed E-state index contributed by atoms with van der Waals surface area (Å²) >= 11 is 0. The van der Waals surface area contributed by atoms with Gasteiger partial charge in [0.2, 0.25) is 15.9 Å². The molecule has 10 heteroatoms. The fourth-order valence-corrected chi connectivity index (χ4v) is 4.98. The van der Waals surface area contributed by atoms with Crippen LogP contribution in [0.25, 0.3) is 0 Å². The molecule has 0 atom stereocenters. The average Bonchev–Trinajstić information content (AvgIpc) is 2.75. The largest absolute Gasteiger partial charge is 0.376 e. The van der Waals surface area contributed by atoms with E-state index in [4.69, 9.17) is 0 Å². The van der Waals surface area contributed by atoms with Crippen LogP contribution < -0.4 is 10.6 Å².